The largest absolute Gasteiger partial charge is 0.247 e. The zero-order chi connectivity index (χ0) is 8.97. The number of halogens is 1. The maximum absolute atomic E-state index is 4.44. The first-order chi connectivity index (χ1) is 5.76. The topological polar surface area (TPSA) is 12.9 Å². The van der Waals surface area contributed by atoms with Gasteiger partial charge in [0.25, 0.3) is 0 Å². The van der Waals surface area contributed by atoms with E-state index >= 15 is 0 Å². The van der Waals surface area contributed by atoms with Gasteiger partial charge in [0, 0.05) is 10.7 Å². The molecule has 68 valence electrons. The summed E-state index contributed by atoms with van der Waals surface area (Å²) in [4.78, 5) is 4.44. The SMILES string of the molecule is CCC(CBr)Cc1csc(C)n1. The average molecular weight is 248 g/mol. The molecule has 3 heteroatoms. The van der Waals surface area contributed by atoms with Crippen molar-refractivity contribution in [2.45, 2.75) is 26.7 Å². The van der Waals surface area contributed by atoms with Gasteiger partial charge in [0.1, 0.15) is 0 Å². The molecule has 1 heterocycles. The lowest BCUT2D eigenvalue weighted by molar-refractivity contribution is 0.567. The van der Waals surface area contributed by atoms with Crippen LogP contribution in [0.15, 0.2) is 5.38 Å². The summed E-state index contributed by atoms with van der Waals surface area (Å²) >= 11 is 5.26. The van der Waals surface area contributed by atoms with Crippen LogP contribution in [-0.4, -0.2) is 10.3 Å². The predicted octanol–water partition coefficient (Wildman–Crippen LogP) is 3.42. The Labute approximate surface area is 86.3 Å². The maximum atomic E-state index is 4.44. The van der Waals surface area contributed by atoms with Crippen molar-refractivity contribution >= 4 is 27.3 Å². The Hall–Kier alpha value is 0.110. The first-order valence-electron chi connectivity index (χ1n) is 4.23. The van der Waals surface area contributed by atoms with E-state index in [4.69, 9.17) is 0 Å². The van der Waals surface area contributed by atoms with Crippen LogP contribution in [0, 0.1) is 12.8 Å². The van der Waals surface area contributed by atoms with Crippen molar-refractivity contribution in [1.29, 1.82) is 0 Å². The minimum absolute atomic E-state index is 0.742. The Morgan fingerprint density at radius 2 is 2.42 bits per heavy atom. The third-order valence-corrected chi connectivity index (χ3v) is 3.70. The molecule has 1 atom stereocenters. The van der Waals surface area contributed by atoms with E-state index in [2.05, 4.69) is 40.1 Å². The van der Waals surface area contributed by atoms with E-state index in [1.807, 2.05) is 0 Å². The average Bonchev–Trinajstić information content (AvgIpc) is 2.47. The molecular formula is C9H14BrNS. The van der Waals surface area contributed by atoms with Crippen LogP contribution in [0.1, 0.15) is 24.0 Å². The molecule has 0 aromatic carbocycles. The van der Waals surface area contributed by atoms with E-state index in [0.717, 1.165) is 17.7 Å². The third-order valence-electron chi connectivity index (χ3n) is 1.96. The van der Waals surface area contributed by atoms with E-state index in [1.165, 1.54) is 17.1 Å². The first-order valence-corrected chi connectivity index (χ1v) is 6.23. The maximum Gasteiger partial charge on any atom is 0.0897 e. The first kappa shape index (κ1) is 10.2. The predicted molar refractivity (Wildman–Crippen MR) is 58.1 cm³/mol. The Balaban J connectivity index is 2.50. The van der Waals surface area contributed by atoms with Crippen molar-refractivity contribution in [3.8, 4) is 0 Å². The lowest BCUT2D eigenvalue weighted by atomic mass is 10.0. The number of aromatic nitrogens is 1. The molecule has 0 aliphatic rings. The minimum Gasteiger partial charge on any atom is -0.247 e. The molecular weight excluding hydrogens is 234 g/mol. The molecule has 1 rings (SSSR count). The van der Waals surface area contributed by atoms with Crippen molar-refractivity contribution in [3.63, 3.8) is 0 Å². The summed E-state index contributed by atoms with van der Waals surface area (Å²) in [7, 11) is 0. The van der Waals surface area contributed by atoms with Gasteiger partial charge in [-0.1, -0.05) is 29.3 Å². The van der Waals surface area contributed by atoms with Gasteiger partial charge in [-0.25, -0.2) is 4.98 Å². The quantitative estimate of drug-likeness (QED) is 0.744. The molecule has 1 aromatic rings. The van der Waals surface area contributed by atoms with E-state index in [9.17, 15) is 0 Å². The second-order valence-corrected chi connectivity index (χ2v) is 4.70. The van der Waals surface area contributed by atoms with Crippen LogP contribution >= 0.6 is 27.3 Å². The van der Waals surface area contributed by atoms with Gasteiger partial charge < -0.3 is 0 Å². The van der Waals surface area contributed by atoms with Crippen LogP contribution < -0.4 is 0 Å². The number of hydrogen-bond acceptors (Lipinski definition) is 2. The molecule has 12 heavy (non-hydrogen) atoms. The number of hydrogen-bond donors (Lipinski definition) is 0. The molecule has 0 amide bonds. The van der Waals surface area contributed by atoms with Crippen molar-refractivity contribution in [1.82, 2.24) is 4.98 Å². The second kappa shape index (κ2) is 4.97. The fraction of sp³-hybridized carbons (Fsp3) is 0.667. The fourth-order valence-electron chi connectivity index (χ4n) is 1.11. The lowest BCUT2D eigenvalue weighted by Crippen LogP contribution is -2.04. The van der Waals surface area contributed by atoms with Gasteiger partial charge in [-0.05, 0) is 19.3 Å². The summed E-state index contributed by atoms with van der Waals surface area (Å²) in [5.74, 6) is 0.742. The zero-order valence-corrected chi connectivity index (χ0v) is 9.91. The molecule has 0 aliphatic heterocycles. The molecule has 0 radical (unpaired) electrons. The van der Waals surface area contributed by atoms with Gasteiger partial charge in [-0.2, -0.15) is 0 Å². The molecule has 1 unspecified atom stereocenters. The van der Waals surface area contributed by atoms with Crippen LogP contribution in [0.2, 0.25) is 0 Å². The van der Waals surface area contributed by atoms with Gasteiger partial charge in [-0.15, -0.1) is 11.3 Å². The normalized spacial score (nSPS) is 13.2. The van der Waals surface area contributed by atoms with Crippen LogP contribution in [0.4, 0.5) is 0 Å². The van der Waals surface area contributed by atoms with E-state index in [0.29, 0.717) is 0 Å². The highest BCUT2D eigenvalue weighted by Crippen LogP contribution is 2.16. The number of rotatable bonds is 4. The zero-order valence-electron chi connectivity index (χ0n) is 7.51. The smallest absolute Gasteiger partial charge is 0.0897 e. The van der Waals surface area contributed by atoms with Gasteiger partial charge >= 0.3 is 0 Å². The Kier molecular flexibility index (Phi) is 4.22. The standard InChI is InChI=1S/C9H14BrNS/c1-3-8(5-10)4-9-6-12-7(2)11-9/h6,8H,3-5H2,1-2H3. The number of aryl methyl sites for hydroxylation is 1. The minimum atomic E-state index is 0.742. The molecule has 0 fully saturated rings. The van der Waals surface area contributed by atoms with Gasteiger partial charge in [-0.3, -0.25) is 0 Å². The molecule has 0 saturated carbocycles. The van der Waals surface area contributed by atoms with Gasteiger partial charge in [0.2, 0.25) is 0 Å². The highest BCUT2D eigenvalue weighted by molar-refractivity contribution is 9.09. The van der Waals surface area contributed by atoms with Crippen LogP contribution in [0.3, 0.4) is 0 Å². The fourth-order valence-corrected chi connectivity index (χ4v) is 2.42. The molecule has 0 saturated heterocycles. The Morgan fingerprint density at radius 1 is 1.67 bits per heavy atom. The number of alkyl halides is 1. The third kappa shape index (κ3) is 2.87. The monoisotopic (exact) mass is 247 g/mol. The van der Waals surface area contributed by atoms with Crippen LogP contribution in [-0.2, 0) is 6.42 Å². The van der Waals surface area contributed by atoms with Crippen LogP contribution in [0.25, 0.3) is 0 Å². The van der Waals surface area contributed by atoms with Crippen molar-refractivity contribution < 1.29 is 0 Å². The summed E-state index contributed by atoms with van der Waals surface area (Å²) in [6.07, 6.45) is 2.34. The number of nitrogens with zero attached hydrogens (tertiary/aromatic N) is 1. The van der Waals surface area contributed by atoms with Gasteiger partial charge in [0.05, 0.1) is 10.7 Å². The summed E-state index contributed by atoms with van der Waals surface area (Å²) < 4.78 is 0. The summed E-state index contributed by atoms with van der Waals surface area (Å²) in [6.45, 7) is 4.29. The van der Waals surface area contributed by atoms with Gasteiger partial charge in [0.15, 0.2) is 0 Å². The van der Waals surface area contributed by atoms with Crippen molar-refractivity contribution in [2.75, 3.05) is 5.33 Å². The number of thiazole rings is 1. The van der Waals surface area contributed by atoms with Crippen molar-refractivity contribution in [3.05, 3.63) is 16.1 Å². The van der Waals surface area contributed by atoms with E-state index in [1.54, 1.807) is 11.3 Å². The molecule has 0 aliphatic carbocycles. The summed E-state index contributed by atoms with van der Waals surface area (Å²) in [6, 6.07) is 0. The molecule has 1 nitrogen and oxygen atoms in total. The van der Waals surface area contributed by atoms with Crippen molar-refractivity contribution in [2.24, 2.45) is 5.92 Å². The Morgan fingerprint density at radius 3 is 2.83 bits per heavy atom. The summed E-state index contributed by atoms with van der Waals surface area (Å²) in [5.41, 5.74) is 1.25. The van der Waals surface area contributed by atoms with E-state index < -0.39 is 0 Å². The summed E-state index contributed by atoms with van der Waals surface area (Å²) in [5, 5.41) is 4.43. The van der Waals surface area contributed by atoms with Crippen LogP contribution in [0.5, 0.6) is 0 Å². The lowest BCUT2D eigenvalue weighted by Gasteiger charge is -2.07. The molecule has 0 spiro atoms. The second-order valence-electron chi connectivity index (χ2n) is 2.99. The molecule has 1 aromatic heterocycles. The molecule has 0 bridgehead atoms. The highest BCUT2D eigenvalue weighted by Gasteiger charge is 2.07. The Bertz CT molecular complexity index is 230. The molecule has 0 N–H and O–H groups in total. The highest BCUT2D eigenvalue weighted by atomic mass is 79.9. The van der Waals surface area contributed by atoms with E-state index in [-0.39, 0.29) is 0 Å².